The maximum Gasteiger partial charge on any atom is 0.193 e. The van der Waals surface area contributed by atoms with Crippen molar-refractivity contribution in [1.82, 2.24) is 15.1 Å². The molecule has 0 aromatic carbocycles. The van der Waals surface area contributed by atoms with E-state index in [1.54, 1.807) is 0 Å². The highest BCUT2D eigenvalue weighted by molar-refractivity contribution is 5.80. The lowest BCUT2D eigenvalue weighted by Crippen LogP contribution is -2.47. The molecule has 0 saturated carbocycles. The van der Waals surface area contributed by atoms with Crippen LogP contribution >= 0.6 is 0 Å². The molecule has 146 valence electrons. The predicted molar refractivity (Wildman–Crippen MR) is 106 cm³/mol. The highest BCUT2D eigenvalue weighted by atomic mass is 16.5. The second-order valence-electron chi connectivity index (χ2n) is 7.63. The van der Waals surface area contributed by atoms with Crippen molar-refractivity contribution in [2.75, 3.05) is 52.4 Å². The molecule has 2 heterocycles. The summed E-state index contributed by atoms with van der Waals surface area (Å²) in [5.41, 5.74) is 0. The SMILES string of the molecule is CCNC(=NCCCCN1CCCC(C)C1)N1CCC(OCC)CC1. The van der Waals surface area contributed by atoms with Crippen molar-refractivity contribution in [3.05, 3.63) is 0 Å². The molecule has 2 aliphatic heterocycles. The lowest BCUT2D eigenvalue weighted by atomic mass is 10.0. The van der Waals surface area contributed by atoms with Gasteiger partial charge >= 0.3 is 0 Å². The second kappa shape index (κ2) is 11.7. The number of ether oxygens (including phenoxy) is 1. The largest absolute Gasteiger partial charge is 0.378 e. The average Bonchev–Trinajstić information content (AvgIpc) is 2.62. The number of hydrogen-bond acceptors (Lipinski definition) is 3. The molecule has 1 unspecified atom stereocenters. The molecular formula is C20H40N4O. The van der Waals surface area contributed by atoms with Gasteiger partial charge in [0.05, 0.1) is 6.10 Å². The van der Waals surface area contributed by atoms with E-state index in [-0.39, 0.29) is 0 Å². The summed E-state index contributed by atoms with van der Waals surface area (Å²) in [6, 6.07) is 0. The van der Waals surface area contributed by atoms with Crippen LogP contribution in [0.3, 0.4) is 0 Å². The minimum absolute atomic E-state index is 0.441. The molecule has 1 N–H and O–H groups in total. The third-order valence-electron chi connectivity index (χ3n) is 5.36. The van der Waals surface area contributed by atoms with Crippen LogP contribution in [-0.2, 0) is 4.74 Å². The zero-order chi connectivity index (χ0) is 17.9. The van der Waals surface area contributed by atoms with Gasteiger partial charge in [-0.15, -0.1) is 0 Å². The number of nitrogens with zero attached hydrogens (tertiary/aromatic N) is 3. The van der Waals surface area contributed by atoms with Gasteiger partial charge in [-0.1, -0.05) is 6.92 Å². The van der Waals surface area contributed by atoms with E-state index in [4.69, 9.17) is 9.73 Å². The summed E-state index contributed by atoms with van der Waals surface area (Å²) >= 11 is 0. The zero-order valence-corrected chi connectivity index (χ0v) is 16.8. The molecule has 5 heteroatoms. The molecule has 2 saturated heterocycles. The van der Waals surface area contributed by atoms with Crippen LogP contribution in [0.4, 0.5) is 0 Å². The minimum atomic E-state index is 0.441. The van der Waals surface area contributed by atoms with E-state index in [9.17, 15) is 0 Å². The summed E-state index contributed by atoms with van der Waals surface area (Å²) in [6.07, 6.45) is 7.92. The molecule has 2 rings (SSSR count). The van der Waals surface area contributed by atoms with Crippen molar-refractivity contribution < 1.29 is 4.74 Å². The number of piperidine rings is 2. The van der Waals surface area contributed by atoms with Crippen molar-refractivity contribution in [2.45, 2.75) is 65.4 Å². The quantitative estimate of drug-likeness (QED) is 0.414. The number of guanidine groups is 1. The van der Waals surface area contributed by atoms with Crippen LogP contribution in [0, 0.1) is 5.92 Å². The Bertz CT molecular complexity index is 380. The van der Waals surface area contributed by atoms with Crippen LogP contribution < -0.4 is 5.32 Å². The first-order valence-corrected chi connectivity index (χ1v) is 10.6. The molecule has 0 aliphatic carbocycles. The Labute approximate surface area is 155 Å². The summed E-state index contributed by atoms with van der Waals surface area (Å²) in [4.78, 5) is 9.93. The lowest BCUT2D eigenvalue weighted by molar-refractivity contribution is 0.0264. The van der Waals surface area contributed by atoms with Gasteiger partial charge in [-0.2, -0.15) is 0 Å². The van der Waals surface area contributed by atoms with Crippen molar-refractivity contribution in [3.8, 4) is 0 Å². The van der Waals surface area contributed by atoms with Crippen molar-refractivity contribution in [3.63, 3.8) is 0 Å². The molecule has 0 amide bonds. The number of aliphatic imine (C=N–C) groups is 1. The Morgan fingerprint density at radius 1 is 1.12 bits per heavy atom. The smallest absolute Gasteiger partial charge is 0.193 e. The van der Waals surface area contributed by atoms with E-state index >= 15 is 0 Å². The van der Waals surface area contributed by atoms with Crippen molar-refractivity contribution >= 4 is 5.96 Å². The molecule has 2 fully saturated rings. The number of hydrogen-bond donors (Lipinski definition) is 1. The summed E-state index contributed by atoms with van der Waals surface area (Å²) in [6.45, 7) is 15.3. The van der Waals surface area contributed by atoms with E-state index in [2.05, 4.69) is 35.9 Å². The summed E-state index contributed by atoms with van der Waals surface area (Å²) < 4.78 is 5.76. The van der Waals surface area contributed by atoms with Crippen LogP contribution in [0.5, 0.6) is 0 Å². The van der Waals surface area contributed by atoms with Gasteiger partial charge in [0.25, 0.3) is 0 Å². The minimum Gasteiger partial charge on any atom is -0.378 e. The van der Waals surface area contributed by atoms with Gasteiger partial charge in [0.2, 0.25) is 0 Å². The van der Waals surface area contributed by atoms with E-state index in [1.165, 1.54) is 45.3 Å². The molecule has 1 atom stereocenters. The number of rotatable bonds is 8. The maximum atomic E-state index is 5.76. The molecule has 25 heavy (non-hydrogen) atoms. The van der Waals surface area contributed by atoms with Crippen molar-refractivity contribution in [2.24, 2.45) is 10.9 Å². The van der Waals surface area contributed by atoms with Gasteiger partial charge in [0.15, 0.2) is 5.96 Å². The number of unbranched alkanes of at least 4 members (excludes halogenated alkanes) is 1. The summed E-state index contributed by atoms with van der Waals surface area (Å²) in [5.74, 6) is 1.98. The lowest BCUT2D eigenvalue weighted by Gasteiger charge is -2.34. The topological polar surface area (TPSA) is 40.1 Å². The van der Waals surface area contributed by atoms with Gasteiger partial charge < -0.3 is 19.9 Å². The highest BCUT2D eigenvalue weighted by Gasteiger charge is 2.21. The van der Waals surface area contributed by atoms with Crippen LogP contribution in [-0.4, -0.2) is 74.3 Å². The van der Waals surface area contributed by atoms with Crippen LogP contribution in [0.25, 0.3) is 0 Å². The molecule has 0 spiro atoms. The van der Waals surface area contributed by atoms with E-state index < -0.39 is 0 Å². The highest BCUT2D eigenvalue weighted by Crippen LogP contribution is 2.16. The molecule has 0 aromatic heterocycles. The monoisotopic (exact) mass is 352 g/mol. The fourth-order valence-corrected chi connectivity index (χ4v) is 4.02. The second-order valence-corrected chi connectivity index (χ2v) is 7.63. The van der Waals surface area contributed by atoms with E-state index in [1.807, 2.05) is 0 Å². The van der Waals surface area contributed by atoms with Crippen LogP contribution in [0.15, 0.2) is 4.99 Å². The third kappa shape index (κ3) is 7.53. The molecule has 2 aliphatic rings. The molecular weight excluding hydrogens is 312 g/mol. The molecule has 0 aromatic rings. The maximum absolute atomic E-state index is 5.76. The Morgan fingerprint density at radius 2 is 1.92 bits per heavy atom. The standard InChI is InChI=1S/C20H40N4O/c1-4-21-20(24-15-10-19(11-16-24)25-5-2)22-12-6-7-13-23-14-8-9-18(3)17-23/h18-19H,4-17H2,1-3H3,(H,21,22). The Balaban J connectivity index is 1.67. The first-order chi connectivity index (χ1) is 12.2. The van der Waals surface area contributed by atoms with E-state index in [0.29, 0.717) is 6.10 Å². The van der Waals surface area contributed by atoms with Crippen LogP contribution in [0.2, 0.25) is 0 Å². The molecule has 5 nitrogen and oxygen atoms in total. The number of nitrogens with one attached hydrogen (secondary N) is 1. The predicted octanol–water partition coefficient (Wildman–Crippen LogP) is 2.96. The first-order valence-electron chi connectivity index (χ1n) is 10.6. The number of likely N-dealkylation sites (tertiary alicyclic amines) is 2. The van der Waals surface area contributed by atoms with Gasteiger partial charge in [0, 0.05) is 39.3 Å². The third-order valence-corrected chi connectivity index (χ3v) is 5.36. The molecule has 0 radical (unpaired) electrons. The summed E-state index contributed by atoms with van der Waals surface area (Å²) in [7, 11) is 0. The van der Waals surface area contributed by atoms with Gasteiger partial charge in [-0.05, 0) is 71.4 Å². The van der Waals surface area contributed by atoms with Gasteiger partial charge in [-0.25, -0.2) is 0 Å². The Hall–Kier alpha value is -0.810. The van der Waals surface area contributed by atoms with E-state index in [0.717, 1.165) is 57.5 Å². The normalized spacial score (nSPS) is 23.9. The molecule has 0 bridgehead atoms. The van der Waals surface area contributed by atoms with Gasteiger partial charge in [-0.3, -0.25) is 4.99 Å². The first kappa shape index (κ1) is 20.5. The van der Waals surface area contributed by atoms with Crippen LogP contribution in [0.1, 0.15) is 59.3 Å². The van der Waals surface area contributed by atoms with Gasteiger partial charge in [0.1, 0.15) is 0 Å². The fraction of sp³-hybridized carbons (Fsp3) is 0.950. The Morgan fingerprint density at radius 3 is 2.60 bits per heavy atom. The summed E-state index contributed by atoms with van der Waals surface area (Å²) in [5, 5.41) is 3.47. The van der Waals surface area contributed by atoms with Crippen molar-refractivity contribution in [1.29, 1.82) is 0 Å². The fourth-order valence-electron chi connectivity index (χ4n) is 4.02. The zero-order valence-electron chi connectivity index (χ0n) is 16.8. The average molecular weight is 353 g/mol. The Kier molecular flexibility index (Phi) is 9.63.